The van der Waals surface area contributed by atoms with Crippen LogP contribution in [0.25, 0.3) is 11.1 Å². The van der Waals surface area contributed by atoms with Crippen molar-refractivity contribution in [3.63, 3.8) is 0 Å². The number of carbonyl (C=O) groups is 2. The number of urea groups is 1. The lowest BCUT2D eigenvalue weighted by Crippen LogP contribution is -2.46. The Hall–Kier alpha value is -2.86. The van der Waals surface area contributed by atoms with E-state index in [-0.39, 0.29) is 5.91 Å². The van der Waals surface area contributed by atoms with Crippen LogP contribution < -0.4 is 10.1 Å². The van der Waals surface area contributed by atoms with Gasteiger partial charge in [-0.15, -0.1) is 0 Å². The van der Waals surface area contributed by atoms with Gasteiger partial charge in [-0.05, 0) is 30.2 Å². The number of methoxy groups -OCH3 is 1. The van der Waals surface area contributed by atoms with Gasteiger partial charge in [0.05, 0.1) is 0 Å². The highest BCUT2D eigenvalue weighted by Crippen LogP contribution is 2.24. The fraction of sp³-hybridized carbons (Fsp3) is 0.222. The summed E-state index contributed by atoms with van der Waals surface area (Å²) in [6, 6.07) is 16.2. The third kappa shape index (κ3) is 3.09. The van der Waals surface area contributed by atoms with Gasteiger partial charge < -0.3 is 9.47 Å². The van der Waals surface area contributed by atoms with Crippen molar-refractivity contribution >= 4 is 11.9 Å². The van der Waals surface area contributed by atoms with Crippen LogP contribution in [0.4, 0.5) is 4.79 Å². The molecule has 0 radical (unpaired) electrons. The van der Waals surface area contributed by atoms with Crippen LogP contribution in [0.5, 0.6) is 5.75 Å². The molecule has 0 spiro atoms. The average Bonchev–Trinajstić information content (AvgIpc) is 2.86. The number of rotatable bonds is 5. The maximum Gasteiger partial charge on any atom is 0.329 e. The predicted molar refractivity (Wildman–Crippen MR) is 88.1 cm³/mol. The Kier molecular flexibility index (Phi) is 4.48. The maximum absolute atomic E-state index is 11.9. The van der Waals surface area contributed by atoms with E-state index in [1.165, 1.54) is 12.0 Å². The molecule has 2 aromatic carbocycles. The minimum absolute atomic E-state index is 0.370. The molecule has 2 unspecified atom stereocenters. The molecule has 1 N–H and O–H groups in total. The fourth-order valence-electron chi connectivity index (χ4n) is 2.55. The normalized spacial score (nSPS) is 18.4. The first kappa shape index (κ1) is 16.0. The molecule has 3 amide bonds. The molecule has 0 aliphatic carbocycles. The van der Waals surface area contributed by atoms with E-state index in [1.54, 1.807) is 19.1 Å². The SMILES string of the molecule is COC(Oc1ccc(-c2ccccc2)cc1)N1C(=O)NC(=O)C1C. The summed E-state index contributed by atoms with van der Waals surface area (Å²) in [5.74, 6) is 0.172. The van der Waals surface area contributed by atoms with Crippen molar-refractivity contribution in [1.29, 1.82) is 0 Å². The van der Waals surface area contributed by atoms with Crippen molar-refractivity contribution in [3.8, 4) is 16.9 Å². The number of nitrogens with one attached hydrogen (secondary N) is 1. The third-order valence-electron chi connectivity index (χ3n) is 3.89. The summed E-state index contributed by atoms with van der Waals surface area (Å²) >= 11 is 0. The first-order valence-corrected chi connectivity index (χ1v) is 7.58. The van der Waals surface area contributed by atoms with Gasteiger partial charge in [-0.2, -0.15) is 0 Å². The van der Waals surface area contributed by atoms with Gasteiger partial charge in [0.15, 0.2) is 0 Å². The summed E-state index contributed by atoms with van der Waals surface area (Å²) in [5, 5.41) is 2.24. The molecular formula is C18H18N2O4. The molecular weight excluding hydrogens is 308 g/mol. The molecule has 2 atom stereocenters. The Morgan fingerprint density at radius 3 is 2.17 bits per heavy atom. The van der Waals surface area contributed by atoms with E-state index in [1.807, 2.05) is 42.5 Å². The zero-order valence-electron chi connectivity index (χ0n) is 13.4. The number of hydrogen-bond donors (Lipinski definition) is 1. The molecule has 3 rings (SSSR count). The average molecular weight is 326 g/mol. The summed E-state index contributed by atoms with van der Waals surface area (Å²) in [4.78, 5) is 24.7. The molecule has 24 heavy (non-hydrogen) atoms. The highest BCUT2D eigenvalue weighted by molar-refractivity contribution is 6.03. The van der Waals surface area contributed by atoms with Crippen LogP contribution >= 0.6 is 0 Å². The Labute approximate surface area is 140 Å². The second-order valence-electron chi connectivity index (χ2n) is 5.43. The van der Waals surface area contributed by atoms with E-state index >= 15 is 0 Å². The molecule has 1 fully saturated rings. The van der Waals surface area contributed by atoms with Crippen LogP contribution in [0.1, 0.15) is 6.92 Å². The van der Waals surface area contributed by atoms with Crippen molar-refractivity contribution in [1.82, 2.24) is 10.2 Å². The zero-order chi connectivity index (χ0) is 17.1. The molecule has 1 heterocycles. The van der Waals surface area contributed by atoms with Gasteiger partial charge in [0.25, 0.3) is 12.3 Å². The highest BCUT2D eigenvalue weighted by atomic mass is 16.7. The Bertz CT molecular complexity index is 730. The quantitative estimate of drug-likeness (QED) is 0.677. The molecule has 6 nitrogen and oxygen atoms in total. The molecule has 2 aromatic rings. The minimum atomic E-state index is -0.978. The van der Waals surface area contributed by atoms with Gasteiger partial charge in [-0.1, -0.05) is 42.5 Å². The van der Waals surface area contributed by atoms with Crippen molar-refractivity contribution in [2.45, 2.75) is 19.4 Å². The van der Waals surface area contributed by atoms with Gasteiger partial charge in [-0.3, -0.25) is 15.0 Å². The van der Waals surface area contributed by atoms with E-state index in [4.69, 9.17) is 9.47 Å². The van der Waals surface area contributed by atoms with Gasteiger partial charge in [-0.25, -0.2) is 4.79 Å². The zero-order valence-corrected chi connectivity index (χ0v) is 13.4. The largest absolute Gasteiger partial charge is 0.446 e. The topological polar surface area (TPSA) is 67.9 Å². The molecule has 1 aliphatic rings. The number of benzene rings is 2. The van der Waals surface area contributed by atoms with Crippen LogP contribution in [0.15, 0.2) is 54.6 Å². The summed E-state index contributed by atoms with van der Waals surface area (Å²) in [6.45, 7) is 1.62. The van der Waals surface area contributed by atoms with Crippen molar-refractivity contribution in [2.75, 3.05) is 7.11 Å². The number of hydrogen-bond acceptors (Lipinski definition) is 4. The summed E-state index contributed by atoms with van der Waals surface area (Å²) in [6.07, 6.45) is -0.978. The van der Waals surface area contributed by atoms with E-state index in [0.717, 1.165) is 11.1 Å². The lowest BCUT2D eigenvalue weighted by molar-refractivity contribution is -0.149. The van der Waals surface area contributed by atoms with E-state index in [9.17, 15) is 9.59 Å². The van der Waals surface area contributed by atoms with E-state index < -0.39 is 18.5 Å². The van der Waals surface area contributed by atoms with Crippen LogP contribution in [0.3, 0.4) is 0 Å². The number of carbonyl (C=O) groups excluding carboxylic acids is 2. The fourth-order valence-corrected chi connectivity index (χ4v) is 2.55. The number of amides is 3. The molecule has 0 aromatic heterocycles. The lowest BCUT2D eigenvalue weighted by Gasteiger charge is -2.28. The first-order chi connectivity index (χ1) is 11.6. The summed E-state index contributed by atoms with van der Waals surface area (Å²) < 4.78 is 11.0. The second kappa shape index (κ2) is 6.72. The molecule has 0 bridgehead atoms. The number of ether oxygens (including phenoxy) is 2. The second-order valence-corrected chi connectivity index (χ2v) is 5.43. The van der Waals surface area contributed by atoms with Gasteiger partial charge >= 0.3 is 6.03 Å². The predicted octanol–water partition coefficient (Wildman–Crippen LogP) is 2.60. The lowest BCUT2D eigenvalue weighted by atomic mass is 10.1. The van der Waals surface area contributed by atoms with Gasteiger partial charge in [0.2, 0.25) is 0 Å². The minimum Gasteiger partial charge on any atom is -0.446 e. The monoisotopic (exact) mass is 326 g/mol. The molecule has 6 heteroatoms. The Balaban J connectivity index is 1.75. The molecule has 0 saturated carbocycles. The first-order valence-electron chi connectivity index (χ1n) is 7.58. The van der Waals surface area contributed by atoms with Gasteiger partial charge in [0.1, 0.15) is 11.8 Å². The smallest absolute Gasteiger partial charge is 0.329 e. The third-order valence-corrected chi connectivity index (χ3v) is 3.89. The molecule has 1 aliphatic heterocycles. The molecule has 124 valence electrons. The van der Waals surface area contributed by atoms with Crippen LogP contribution in [-0.2, 0) is 9.53 Å². The number of nitrogens with zero attached hydrogens (tertiary/aromatic N) is 1. The van der Waals surface area contributed by atoms with Crippen molar-refractivity contribution < 1.29 is 19.1 Å². The Morgan fingerprint density at radius 2 is 1.62 bits per heavy atom. The van der Waals surface area contributed by atoms with Crippen LogP contribution in [-0.4, -0.2) is 36.4 Å². The number of imide groups is 1. The van der Waals surface area contributed by atoms with Crippen LogP contribution in [0.2, 0.25) is 0 Å². The molecule has 1 saturated heterocycles. The van der Waals surface area contributed by atoms with Gasteiger partial charge in [0, 0.05) is 7.11 Å². The van der Waals surface area contributed by atoms with Crippen molar-refractivity contribution in [3.05, 3.63) is 54.6 Å². The Morgan fingerprint density at radius 1 is 1.00 bits per heavy atom. The summed E-state index contributed by atoms with van der Waals surface area (Å²) in [7, 11) is 1.42. The maximum atomic E-state index is 11.9. The highest BCUT2D eigenvalue weighted by Gasteiger charge is 2.41. The van der Waals surface area contributed by atoms with E-state index in [2.05, 4.69) is 5.32 Å². The standard InChI is InChI=1S/C18H18N2O4/c1-12-16(21)19-17(22)20(12)18(23-2)24-15-10-8-14(9-11-15)13-6-4-3-5-7-13/h3-12,18H,1-2H3,(H,19,21,22). The van der Waals surface area contributed by atoms with E-state index in [0.29, 0.717) is 5.75 Å². The van der Waals surface area contributed by atoms with Crippen molar-refractivity contribution in [2.24, 2.45) is 0 Å². The van der Waals surface area contributed by atoms with Crippen LogP contribution in [0, 0.1) is 0 Å². The summed E-state index contributed by atoms with van der Waals surface area (Å²) in [5.41, 5.74) is 2.16.